The van der Waals surface area contributed by atoms with Gasteiger partial charge < -0.3 is 24.4 Å². The van der Waals surface area contributed by atoms with E-state index in [0.29, 0.717) is 36.9 Å². The van der Waals surface area contributed by atoms with Crippen LogP contribution in [0.15, 0.2) is 48.5 Å². The van der Waals surface area contributed by atoms with Gasteiger partial charge in [-0.2, -0.15) is 0 Å². The first kappa shape index (κ1) is 15.8. The SMILES string of the molecule is O=C(Nc1ccc2c(c1)OCO2)N1CCOCC1Cc1ccccc1. The fourth-order valence-corrected chi connectivity index (χ4v) is 3.15. The lowest BCUT2D eigenvalue weighted by atomic mass is 10.0. The van der Waals surface area contributed by atoms with Crippen LogP contribution in [0.4, 0.5) is 10.5 Å². The van der Waals surface area contributed by atoms with Crippen molar-refractivity contribution in [2.45, 2.75) is 12.5 Å². The van der Waals surface area contributed by atoms with Gasteiger partial charge in [-0.15, -0.1) is 0 Å². The molecule has 6 heteroatoms. The number of fused-ring (bicyclic) bond motifs is 1. The van der Waals surface area contributed by atoms with Crippen molar-refractivity contribution in [3.63, 3.8) is 0 Å². The van der Waals surface area contributed by atoms with Gasteiger partial charge in [0.1, 0.15) is 0 Å². The number of rotatable bonds is 3. The van der Waals surface area contributed by atoms with Gasteiger partial charge in [0.05, 0.1) is 19.3 Å². The molecule has 0 spiro atoms. The normalized spacial score (nSPS) is 18.9. The summed E-state index contributed by atoms with van der Waals surface area (Å²) < 4.78 is 16.2. The minimum atomic E-state index is -0.122. The molecule has 130 valence electrons. The molecule has 0 radical (unpaired) electrons. The number of nitrogens with one attached hydrogen (secondary N) is 1. The molecular weight excluding hydrogens is 320 g/mol. The van der Waals surface area contributed by atoms with E-state index in [9.17, 15) is 4.79 Å². The molecule has 2 aliphatic rings. The van der Waals surface area contributed by atoms with Crippen LogP contribution in [0.5, 0.6) is 11.5 Å². The van der Waals surface area contributed by atoms with E-state index in [-0.39, 0.29) is 18.9 Å². The van der Waals surface area contributed by atoms with Crippen LogP contribution in [0.3, 0.4) is 0 Å². The maximum atomic E-state index is 12.8. The van der Waals surface area contributed by atoms with Crippen LogP contribution in [0, 0.1) is 0 Å². The van der Waals surface area contributed by atoms with E-state index < -0.39 is 0 Å². The van der Waals surface area contributed by atoms with Crippen LogP contribution >= 0.6 is 0 Å². The quantitative estimate of drug-likeness (QED) is 0.933. The summed E-state index contributed by atoms with van der Waals surface area (Å²) in [6.45, 7) is 1.90. The first-order chi connectivity index (χ1) is 12.3. The van der Waals surface area contributed by atoms with Crippen LogP contribution in [0.25, 0.3) is 0 Å². The van der Waals surface area contributed by atoms with E-state index in [4.69, 9.17) is 14.2 Å². The fourth-order valence-electron chi connectivity index (χ4n) is 3.15. The van der Waals surface area contributed by atoms with Crippen molar-refractivity contribution in [1.29, 1.82) is 0 Å². The molecule has 4 rings (SSSR count). The summed E-state index contributed by atoms with van der Waals surface area (Å²) in [5.74, 6) is 1.35. The molecule has 2 amide bonds. The van der Waals surface area contributed by atoms with Crippen molar-refractivity contribution in [3.8, 4) is 11.5 Å². The van der Waals surface area contributed by atoms with Crippen molar-refractivity contribution < 1.29 is 19.0 Å². The van der Waals surface area contributed by atoms with Gasteiger partial charge in [0, 0.05) is 18.3 Å². The molecule has 1 unspecified atom stereocenters. The highest BCUT2D eigenvalue weighted by atomic mass is 16.7. The van der Waals surface area contributed by atoms with Crippen LogP contribution in [0.1, 0.15) is 5.56 Å². The largest absolute Gasteiger partial charge is 0.454 e. The van der Waals surface area contributed by atoms with Crippen molar-refractivity contribution in [1.82, 2.24) is 4.90 Å². The molecule has 2 aliphatic heterocycles. The highest BCUT2D eigenvalue weighted by molar-refractivity contribution is 5.90. The Balaban J connectivity index is 1.45. The van der Waals surface area contributed by atoms with Crippen LogP contribution < -0.4 is 14.8 Å². The van der Waals surface area contributed by atoms with Gasteiger partial charge in [0.25, 0.3) is 0 Å². The summed E-state index contributed by atoms with van der Waals surface area (Å²) in [6, 6.07) is 15.5. The minimum Gasteiger partial charge on any atom is -0.454 e. The van der Waals surface area contributed by atoms with Crippen LogP contribution in [-0.4, -0.2) is 43.5 Å². The standard InChI is InChI=1S/C19H20N2O4/c22-19(20-15-6-7-17-18(11-15)25-13-24-17)21-8-9-23-12-16(21)10-14-4-2-1-3-5-14/h1-7,11,16H,8-10,12-13H2,(H,20,22). The van der Waals surface area contributed by atoms with Gasteiger partial charge in [0.15, 0.2) is 11.5 Å². The molecule has 2 aromatic carbocycles. The zero-order chi connectivity index (χ0) is 17.1. The van der Waals surface area contributed by atoms with Crippen molar-refractivity contribution in [2.24, 2.45) is 0 Å². The predicted octanol–water partition coefficient (Wildman–Crippen LogP) is 2.89. The zero-order valence-corrected chi connectivity index (χ0v) is 13.8. The molecule has 1 N–H and O–H groups in total. The fraction of sp³-hybridized carbons (Fsp3) is 0.316. The van der Waals surface area contributed by atoms with Gasteiger partial charge in [0.2, 0.25) is 6.79 Å². The van der Waals surface area contributed by atoms with E-state index in [2.05, 4.69) is 17.4 Å². The Morgan fingerprint density at radius 2 is 1.96 bits per heavy atom. The summed E-state index contributed by atoms with van der Waals surface area (Å²) in [4.78, 5) is 14.6. The number of amides is 2. The third kappa shape index (κ3) is 3.53. The van der Waals surface area contributed by atoms with E-state index in [1.54, 1.807) is 12.1 Å². The second-order valence-corrected chi connectivity index (χ2v) is 6.11. The Morgan fingerprint density at radius 3 is 2.84 bits per heavy atom. The number of nitrogens with zero attached hydrogens (tertiary/aromatic N) is 1. The molecule has 0 saturated carbocycles. The molecular formula is C19H20N2O4. The smallest absolute Gasteiger partial charge is 0.322 e. The number of carbonyl (C=O) groups is 1. The summed E-state index contributed by atoms with van der Waals surface area (Å²) >= 11 is 0. The second kappa shape index (κ2) is 7.03. The van der Waals surface area contributed by atoms with E-state index in [1.165, 1.54) is 5.56 Å². The lowest BCUT2D eigenvalue weighted by Gasteiger charge is -2.35. The number of carbonyl (C=O) groups excluding carboxylic acids is 1. The summed E-state index contributed by atoms with van der Waals surface area (Å²) in [5, 5.41) is 2.95. The number of hydrogen-bond acceptors (Lipinski definition) is 4. The van der Waals surface area contributed by atoms with Gasteiger partial charge in [-0.25, -0.2) is 4.79 Å². The first-order valence-electron chi connectivity index (χ1n) is 8.38. The van der Waals surface area contributed by atoms with Crippen molar-refractivity contribution in [2.75, 3.05) is 31.9 Å². The van der Waals surface area contributed by atoms with Crippen LogP contribution in [-0.2, 0) is 11.2 Å². The second-order valence-electron chi connectivity index (χ2n) is 6.11. The number of ether oxygens (including phenoxy) is 3. The number of urea groups is 1. The molecule has 0 aliphatic carbocycles. The highest BCUT2D eigenvalue weighted by Crippen LogP contribution is 2.34. The molecule has 0 bridgehead atoms. The summed E-state index contributed by atoms with van der Waals surface area (Å²) in [7, 11) is 0. The van der Waals surface area contributed by atoms with E-state index in [1.807, 2.05) is 29.2 Å². The zero-order valence-electron chi connectivity index (χ0n) is 13.8. The monoisotopic (exact) mass is 340 g/mol. The average Bonchev–Trinajstić information content (AvgIpc) is 3.11. The third-order valence-corrected chi connectivity index (χ3v) is 4.43. The molecule has 1 atom stereocenters. The Morgan fingerprint density at radius 1 is 1.12 bits per heavy atom. The Kier molecular flexibility index (Phi) is 4.43. The predicted molar refractivity (Wildman–Crippen MR) is 93.0 cm³/mol. The average molecular weight is 340 g/mol. The molecule has 0 aromatic heterocycles. The molecule has 6 nitrogen and oxygen atoms in total. The maximum absolute atomic E-state index is 12.8. The van der Waals surface area contributed by atoms with Gasteiger partial charge in [-0.3, -0.25) is 0 Å². The van der Waals surface area contributed by atoms with Gasteiger partial charge in [-0.1, -0.05) is 30.3 Å². The summed E-state index contributed by atoms with van der Waals surface area (Å²) in [6.07, 6.45) is 0.773. The van der Waals surface area contributed by atoms with E-state index >= 15 is 0 Å². The Hall–Kier alpha value is -2.73. The first-order valence-corrected chi connectivity index (χ1v) is 8.38. The van der Waals surface area contributed by atoms with Crippen molar-refractivity contribution in [3.05, 3.63) is 54.1 Å². The molecule has 2 heterocycles. The molecule has 1 fully saturated rings. The van der Waals surface area contributed by atoms with E-state index in [0.717, 1.165) is 6.42 Å². The van der Waals surface area contributed by atoms with Gasteiger partial charge >= 0.3 is 6.03 Å². The number of hydrogen-bond donors (Lipinski definition) is 1. The molecule has 25 heavy (non-hydrogen) atoms. The topological polar surface area (TPSA) is 60.0 Å². The molecule has 2 aromatic rings. The lowest BCUT2D eigenvalue weighted by Crippen LogP contribution is -2.51. The minimum absolute atomic E-state index is 0.0187. The third-order valence-electron chi connectivity index (χ3n) is 4.43. The van der Waals surface area contributed by atoms with Gasteiger partial charge in [-0.05, 0) is 24.1 Å². The lowest BCUT2D eigenvalue weighted by molar-refractivity contribution is 0.0158. The number of anilines is 1. The number of morpholine rings is 1. The number of benzene rings is 2. The maximum Gasteiger partial charge on any atom is 0.322 e. The summed E-state index contributed by atoms with van der Waals surface area (Å²) in [5.41, 5.74) is 1.89. The molecule has 1 saturated heterocycles. The Labute approximate surface area is 146 Å². The Bertz CT molecular complexity index is 750. The highest BCUT2D eigenvalue weighted by Gasteiger charge is 2.28. The van der Waals surface area contributed by atoms with Crippen molar-refractivity contribution >= 4 is 11.7 Å². The van der Waals surface area contributed by atoms with Crippen LogP contribution in [0.2, 0.25) is 0 Å².